The Morgan fingerprint density at radius 3 is 2.79 bits per heavy atom. The summed E-state index contributed by atoms with van der Waals surface area (Å²) in [6, 6.07) is 4.78. The van der Waals surface area contributed by atoms with Gasteiger partial charge in [0.05, 0.1) is 18.2 Å². The number of nitrogen functional groups attached to an aromatic ring is 1. The first kappa shape index (κ1) is 10.5. The van der Waals surface area contributed by atoms with E-state index in [2.05, 4.69) is 20.7 Å². The van der Waals surface area contributed by atoms with Crippen LogP contribution in [0.25, 0.3) is 0 Å². The summed E-state index contributed by atoms with van der Waals surface area (Å²) < 4.78 is 5.09. The van der Waals surface area contributed by atoms with Crippen molar-refractivity contribution in [3.05, 3.63) is 27.7 Å². The fourth-order valence-corrected chi connectivity index (χ4v) is 1.30. The van der Waals surface area contributed by atoms with Crippen LogP contribution in [0.15, 0.2) is 16.6 Å². The second-order valence-electron chi connectivity index (χ2n) is 2.52. The van der Waals surface area contributed by atoms with Gasteiger partial charge in [-0.05, 0) is 28.1 Å². The number of benzene rings is 1. The standard InChI is InChI=1S/C9H7BrN2O2/c1-14-9(13)6-3-7(10)8(12)2-5(6)4-11/h2-3H,12H2,1H3. The zero-order valence-corrected chi connectivity index (χ0v) is 8.96. The van der Waals surface area contributed by atoms with Crippen molar-refractivity contribution in [3.8, 4) is 6.07 Å². The van der Waals surface area contributed by atoms with Gasteiger partial charge in [-0.2, -0.15) is 5.26 Å². The minimum atomic E-state index is -0.553. The molecule has 1 aromatic carbocycles. The van der Waals surface area contributed by atoms with Gasteiger partial charge in [0.15, 0.2) is 0 Å². The van der Waals surface area contributed by atoms with Crippen molar-refractivity contribution in [2.75, 3.05) is 12.8 Å². The van der Waals surface area contributed by atoms with Crippen LogP contribution < -0.4 is 5.73 Å². The highest BCUT2D eigenvalue weighted by atomic mass is 79.9. The fourth-order valence-electron chi connectivity index (χ4n) is 0.961. The molecule has 0 aromatic heterocycles. The summed E-state index contributed by atoms with van der Waals surface area (Å²) in [6.45, 7) is 0. The van der Waals surface area contributed by atoms with Crippen LogP contribution in [-0.4, -0.2) is 13.1 Å². The summed E-state index contributed by atoms with van der Waals surface area (Å²) >= 11 is 3.16. The number of carbonyl (C=O) groups excluding carboxylic acids is 1. The van der Waals surface area contributed by atoms with Crippen molar-refractivity contribution in [1.82, 2.24) is 0 Å². The van der Waals surface area contributed by atoms with Crippen LogP contribution in [0, 0.1) is 11.3 Å². The zero-order valence-electron chi connectivity index (χ0n) is 7.37. The van der Waals surface area contributed by atoms with Crippen LogP contribution in [0.5, 0.6) is 0 Å². The summed E-state index contributed by atoms with van der Waals surface area (Å²) in [6.07, 6.45) is 0. The molecule has 0 aliphatic heterocycles. The Balaban J connectivity index is 3.36. The third kappa shape index (κ3) is 1.86. The highest BCUT2D eigenvalue weighted by Gasteiger charge is 2.13. The Bertz CT molecular complexity index is 424. The van der Waals surface area contributed by atoms with Gasteiger partial charge in [0, 0.05) is 10.2 Å². The number of anilines is 1. The molecule has 0 amide bonds. The molecule has 0 saturated carbocycles. The van der Waals surface area contributed by atoms with Crippen LogP contribution in [0.1, 0.15) is 15.9 Å². The van der Waals surface area contributed by atoms with Crippen molar-refractivity contribution < 1.29 is 9.53 Å². The lowest BCUT2D eigenvalue weighted by Gasteiger charge is -2.04. The van der Waals surface area contributed by atoms with E-state index in [1.165, 1.54) is 19.2 Å². The third-order valence-electron chi connectivity index (χ3n) is 1.66. The molecule has 0 spiro atoms. The maximum atomic E-state index is 11.2. The SMILES string of the molecule is COC(=O)c1cc(Br)c(N)cc1C#N. The normalized spacial score (nSPS) is 9.21. The van der Waals surface area contributed by atoms with E-state index in [1.807, 2.05) is 6.07 Å². The van der Waals surface area contributed by atoms with Gasteiger partial charge in [-0.15, -0.1) is 0 Å². The second-order valence-corrected chi connectivity index (χ2v) is 3.38. The summed E-state index contributed by atoms with van der Waals surface area (Å²) in [5.74, 6) is -0.553. The molecule has 5 heteroatoms. The Labute approximate surface area is 89.4 Å². The number of hydrogen-bond donors (Lipinski definition) is 1. The molecule has 4 nitrogen and oxygen atoms in total. The quantitative estimate of drug-likeness (QED) is 0.611. The maximum Gasteiger partial charge on any atom is 0.339 e. The number of carbonyl (C=O) groups is 1. The molecule has 2 N–H and O–H groups in total. The van der Waals surface area contributed by atoms with E-state index in [-0.39, 0.29) is 11.1 Å². The van der Waals surface area contributed by atoms with E-state index in [0.29, 0.717) is 10.2 Å². The van der Waals surface area contributed by atoms with Gasteiger partial charge in [0.2, 0.25) is 0 Å². The molecule has 72 valence electrons. The molecule has 1 rings (SSSR count). The highest BCUT2D eigenvalue weighted by Crippen LogP contribution is 2.24. The molecule has 0 heterocycles. The van der Waals surface area contributed by atoms with Crippen molar-refractivity contribution in [3.63, 3.8) is 0 Å². The summed E-state index contributed by atoms with van der Waals surface area (Å²) in [5, 5.41) is 8.75. The van der Waals surface area contributed by atoms with Gasteiger partial charge in [-0.3, -0.25) is 0 Å². The van der Waals surface area contributed by atoms with Crippen LogP contribution >= 0.6 is 15.9 Å². The average Bonchev–Trinajstić information content (AvgIpc) is 2.20. The molecule has 0 unspecified atom stereocenters. The number of halogens is 1. The second kappa shape index (κ2) is 4.11. The molecule has 0 aliphatic rings. The van der Waals surface area contributed by atoms with Crippen LogP contribution in [-0.2, 0) is 4.74 Å². The van der Waals surface area contributed by atoms with Crippen molar-refractivity contribution >= 4 is 27.6 Å². The van der Waals surface area contributed by atoms with Gasteiger partial charge in [-0.25, -0.2) is 4.79 Å². The van der Waals surface area contributed by atoms with Crippen molar-refractivity contribution in [2.45, 2.75) is 0 Å². The van der Waals surface area contributed by atoms with Crippen LogP contribution in [0.2, 0.25) is 0 Å². The lowest BCUT2D eigenvalue weighted by atomic mass is 10.1. The minimum absolute atomic E-state index is 0.205. The number of nitriles is 1. The Kier molecular flexibility index (Phi) is 3.10. The van der Waals surface area contributed by atoms with E-state index in [9.17, 15) is 4.79 Å². The maximum absolute atomic E-state index is 11.2. The van der Waals surface area contributed by atoms with E-state index >= 15 is 0 Å². The Hall–Kier alpha value is -1.54. The summed E-state index contributed by atoms with van der Waals surface area (Å²) in [5.41, 5.74) is 6.38. The lowest BCUT2D eigenvalue weighted by Crippen LogP contribution is -2.05. The number of hydrogen-bond acceptors (Lipinski definition) is 4. The van der Waals surface area contributed by atoms with Gasteiger partial charge in [-0.1, -0.05) is 0 Å². The predicted octanol–water partition coefficient (Wildman–Crippen LogP) is 1.69. The van der Waals surface area contributed by atoms with Gasteiger partial charge in [0.25, 0.3) is 0 Å². The zero-order chi connectivity index (χ0) is 10.7. The molecule has 0 fully saturated rings. The molecule has 1 aromatic rings. The molecule has 0 atom stereocenters. The monoisotopic (exact) mass is 254 g/mol. The first-order chi connectivity index (χ1) is 6.60. The number of nitrogens with two attached hydrogens (primary N) is 1. The third-order valence-corrected chi connectivity index (χ3v) is 2.35. The number of methoxy groups -OCH3 is 1. The van der Waals surface area contributed by atoms with Gasteiger partial charge < -0.3 is 10.5 Å². The Morgan fingerprint density at radius 2 is 2.29 bits per heavy atom. The smallest absolute Gasteiger partial charge is 0.339 e. The van der Waals surface area contributed by atoms with Crippen LogP contribution in [0.3, 0.4) is 0 Å². The van der Waals surface area contributed by atoms with Crippen molar-refractivity contribution in [1.29, 1.82) is 5.26 Å². The molecule has 14 heavy (non-hydrogen) atoms. The van der Waals surface area contributed by atoms with E-state index in [4.69, 9.17) is 11.0 Å². The number of esters is 1. The van der Waals surface area contributed by atoms with Crippen LogP contribution in [0.4, 0.5) is 5.69 Å². The fraction of sp³-hybridized carbons (Fsp3) is 0.111. The molecule has 0 radical (unpaired) electrons. The molecule has 0 saturated heterocycles. The molecule has 0 aliphatic carbocycles. The average molecular weight is 255 g/mol. The van der Waals surface area contributed by atoms with E-state index < -0.39 is 5.97 Å². The minimum Gasteiger partial charge on any atom is -0.465 e. The number of rotatable bonds is 1. The Morgan fingerprint density at radius 1 is 1.64 bits per heavy atom. The predicted molar refractivity (Wildman–Crippen MR) is 54.6 cm³/mol. The number of nitrogens with zero attached hydrogens (tertiary/aromatic N) is 1. The van der Waals surface area contributed by atoms with Gasteiger partial charge >= 0.3 is 5.97 Å². The van der Waals surface area contributed by atoms with Crippen molar-refractivity contribution in [2.24, 2.45) is 0 Å². The molecular weight excluding hydrogens is 248 g/mol. The summed E-state index contributed by atoms with van der Waals surface area (Å²) in [7, 11) is 1.26. The molecule has 0 bridgehead atoms. The largest absolute Gasteiger partial charge is 0.465 e. The first-order valence-corrected chi connectivity index (χ1v) is 4.47. The van der Waals surface area contributed by atoms with E-state index in [1.54, 1.807) is 0 Å². The number of ether oxygens (including phenoxy) is 1. The molecular formula is C9H7BrN2O2. The summed E-state index contributed by atoms with van der Waals surface area (Å²) in [4.78, 5) is 11.2. The van der Waals surface area contributed by atoms with E-state index in [0.717, 1.165) is 0 Å². The lowest BCUT2D eigenvalue weighted by molar-refractivity contribution is 0.0600. The van der Waals surface area contributed by atoms with Gasteiger partial charge in [0.1, 0.15) is 6.07 Å². The highest BCUT2D eigenvalue weighted by molar-refractivity contribution is 9.10. The topological polar surface area (TPSA) is 76.1 Å². The first-order valence-electron chi connectivity index (χ1n) is 3.67.